The van der Waals surface area contributed by atoms with Crippen LogP contribution in [0.3, 0.4) is 0 Å². The standard InChI is InChI=1S/C13H13N3O/c1-9-5-6-12(8-15-9)16-13(17)10-3-2-4-11(14)7-10/h2-8H,14H2,1H3,(H,16,17). The molecule has 0 saturated carbocycles. The van der Waals surface area contributed by atoms with Gasteiger partial charge in [0, 0.05) is 16.9 Å². The van der Waals surface area contributed by atoms with Crippen molar-refractivity contribution in [3.63, 3.8) is 0 Å². The third-order valence-electron chi connectivity index (χ3n) is 2.32. The zero-order valence-corrected chi connectivity index (χ0v) is 9.47. The van der Waals surface area contributed by atoms with Crippen molar-refractivity contribution in [3.05, 3.63) is 53.9 Å². The van der Waals surface area contributed by atoms with E-state index < -0.39 is 0 Å². The second-order valence-corrected chi connectivity index (χ2v) is 3.77. The smallest absolute Gasteiger partial charge is 0.255 e. The van der Waals surface area contributed by atoms with E-state index in [2.05, 4.69) is 10.3 Å². The summed E-state index contributed by atoms with van der Waals surface area (Å²) in [7, 11) is 0. The quantitative estimate of drug-likeness (QED) is 0.773. The van der Waals surface area contributed by atoms with Crippen LogP contribution in [-0.4, -0.2) is 10.9 Å². The van der Waals surface area contributed by atoms with E-state index in [1.165, 1.54) is 0 Å². The van der Waals surface area contributed by atoms with E-state index >= 15 is 0 Å². The summed E-state index contributed by atoms with van der Waals surface area (Å²) >= 11 is 0. The van der Waals surface area contributed by atoms with E-state index in [1.807, 2.05) is 19.1 Å². The first-order valence-corrected chi connectivity index (χ1v) is 5.25. The highest BCUT2D eigenvalue weighted by Gasteiger charge is 2.05. The van der Waals surface area contributed by atoms with Gasteiger partial charge in [0.15, 0.2) is 0 Å². The second kappa shape index (κ2) is 4.65. The number of benzene rings is 1. The maximum atomic E-state index is 11.9. The summed E-state index contributed by atoms with van der Waals surface area (Å²) in [6.07, 6.45) is 1.62. The SMILES string of the molecule is Cc1ccc(NC(=O)c2cccc(N)c2)cn1. The summed E-state index contributed by atoms with van der Waals surface area (Å²) < 4.78 is 0. The number of carbonyl (C=O) groups is 1. The van der Waals surface area contributed by atoms with Crippen LogP contribution < -0.4 is 11.1 Å². The monoisotopic (exact) mass is 227 g/mol. The highest BCUT2D eigenvalue weighted by molar-refractivity contribution is 6.04. The molecule has 0 radical (unpaired) electrons. The highest BCUT2D eigenvalue weighted by Crippen LogP contribution is 2.11. The number of nitrogens with two attached hydrogens (primary N) is 1. The number of nitrogens with one attached hydrogen (secondary N) is 1. The Kier molecular flexibility index (Phi) is 3.05. The number of amides is 1. The average molecular weight is 227 g/mol. The van der Waals surface area contributed by atoms with E-state index in [-0.39, 0.29) is 5.91 Å². The Morgan fingerprint density at radius 1 is 1.29 bits per heavy atom. The van der Waals surface area contributed by atoms with Gasteiger partial charge in [-0.05, 0) is 37.3 Å². The van der Waals surface area contributed by atoms with Crippen LogP contribution in [0.5, 0.6) is 0 Å². The van der Waals surface area contributed by atoms with E-state index in [9.17, 15) is 4.79 Å². The molecule has 0 aliphatic rings. The van der Waals surface area contributed by atoms with E-state index in [1.54, 1.807) is 30.5 Å². The molecule has 0 spiro atoms. The number of anilines is 2. The maximum absolute atomic E-state index is 11.9. The zero-order valence-electron chi connectivity index (χ0n) is 9.47. The Morgan fingerprint density at radius 3 is 2.76 bits per heavy atom. The lowest BCUT2D eigenvalue weighted by Crippen LogP contribution is -2.12. The van der Waals surface area contributed by atoms with Crippen molar-refractivity contribution in [3.8, 4) is 0 Å². The molecular weight excluding hydrogens is 214 g/mol. The molecule has 0 unspecified atom stereocenters. The Labute approximate surface area is 99.5 Å². The van der Waals surface area contributed by atoms with Crippen molar-refractivity contribution in [2.24, 2.45) is 0 Å². The highest BCUT2D eigenvalue weighted by atomic mass is 16.1. The Bertz CT molecular complexity index is 535. The lowest BCUT2D eigenvalue weighted by molar-refractivity contribution is 0.102. The fourth-order valence-electron chi connectivity index (χ4n) is 1.42. The fourth-order valence-corrected chi connectivity index (χ4v) is 1.42. The van der Waals surface area contributed by atoms with Crippen LogP contribution in [0.4, 0.5) is 11.4 Å². The van der Waals surface area contributed by atoms with E-state index in [0.717, 1.165) is 5.69 Å². The molecule has 17 heavy (non-hydrogen) atoms. The van der Waals surface area contributed by atoms with Gasteiger partial charge in [0.1, 0.15) is 0 Å². The second-order valence-electron chi connectivity index (χ2n) is 3.77. The molecule has 0 saturated heterocycles. The summed E-state index contributed by atoms with van der Waals surface area (Å²) in [5.41, 5.74) is 8.30. The number of carbonyl (C=O) groups excluding carboxylic acids is 1. The van der Waals surface area contributed by atoms with Gasteiger partial charge in [0.05, 0.1) is 11.9 Å². The minimum atomic E-state index is -0.192. The van der Waals surface area contributed by atoms with Crippen LogP contribution in [0.15, 0.2) is 42.6 Å². The number of pyridine rings is 1. The van der Waals surface area contributed by atoms with Gasteiger partial charge in [-0.25, -0.2) is 0 Å². The number of nitrogen functional groups attached to an aromatic ring is 1. The fraction of sp³-hybridized carbons (Fsp3) is 0.0769. The summed E-state index contributed by atoms with van der Waals surface area (Å²) in [4.78, 5) is 16.0. The number of nitrogens with zero attached hydrogens (tertiary/aromatic N) is 1. The van der Waals surface area contributed by atoms with Crippen LogP contribution in [0.25, 0.3) is 0 Å². The summed E-state index contributed by atoms with van der Waals surface area (Å²) in [6.45, 7) is 1.89. The van der Waals surface area contributed by atoms with Gasteiger partial charge in [-0.1, -0.05) is 6.07 Å². The molecule has 1 aromatic heterocycles. The van der Waals surface area contributed by atoms with Crippen molar-refractivity contribution in [1.82, 2.24) is 4.98 Å². The number of hydrogen-bond donors (Lipinski definition) is 2. The summed E-state index contributed by atoms with van der Waals surface area (Å²) in [5, 5.41) is 2.76. The van der Waals surface area contributed by atoms with Gasteiger partial charge in [-0.3, -0.25) is 9.78 Å². The van der Waals surface area contributed by atoms with Crippen molar-refractivity contribution < 1.29 is 4.79 Å². The first-order chi connectivity index (χ1) is 8.15. The first kappa shape index (κ1) is 11.1. The third kappa shape index (κ3) is 2.81. The van der Waals surface area contributed by atoms with Crippen LogP contribution in [0.1, 0.15) is 16.1 Å². The number of aromatic nitrogens is 1. The molecule has 0 fully saturated rings. The lowest BCUT2D eigenvalue weighted by atomic mass is 10.2. The van der Waals surface area contributed by atoms with Gasteiger partial charge in [-0.15, -0.1) is 0 Å². The molecule has 2 rings (SSSR count). The molecule has 3 N–H and O–H groups in total. The summed E-state index contributed by atoms with van der Waals surface area (Å²) in [5.74, 6) is -0.192. The van der Waals surface area contributed by atoms with Crippen LogP contribution in [0, 0.1) is 6.92 Å². The lowest BCUT2D eigenvalue weighted by Gasteiger charge is -2.05. The molecule has 1 heterocycles. The minimum Gasteiger partial charge on any atom is -0.399 e. The van der Waals surface area contributed by atoms with Crippen molar-refractivity contribution >= 4 is 17.3 Å². The maximum Gasteiger partial charge on any atom is 0.255 e. The van der Waals surface area contributed by atoms with Gasteiger partial charge in [0.25, 0.3) is 5.91 Å². The van der Waals surface area contributed by atoms with Crippen LogP contribution in [-0.2, 0) is 0 Å². The van der Waals surface area contributed by atoms with Crippen molar-refractivity contribution in [2.75, 3.05) is 11.1 Å². The molecule has 1 amide bonds. The molecule has 0 aliphatic carbocycles. The molecule has 0 bridgehead atoms. The zero-order chi connectivity index (χ0) is 12.3. The molecule has 2 aromatic rings. The largest absolute Gasteiger partial charge is 0.399 e. The minimum absolute atomic E-state index is 0.192. The molecule has 0 aliphatic heterocycles. The predicted molar refractivity (Wildman–Crippen MR) is 67.8 cm³/mol. The first-order valence-electron chi connectivity index (χ1n) is 5.25. The number of rotatable bonds is 2. The van der Waals surface area contributed by atoms with E-state index in [4.69, 9.17) is 5.73 Å². The number of hydrogen-bond acceptors (Lipinski definition) is 3. The number of aryl methyl sites for hydroxylation is 1. The Morgan fingerprint density at radius 2 is 2.12 bits per heavy atom. The van der Waals surface area contributed by atoms with Gasteiger partial charge >= 0.3 is 0 Å². The summed E-state index contributed by atoms with van der Waals surface area (Å²) in [6, 6.07) is 10.5. The van der Waals surface area contributed by atoms with Crippen molar-refractivity contribution in [2.45, 2.75) is 6.92 Å². The average Bonchev–Trinajstić information content (AvgIpc) is 2.32. The van der Waals surface area contributed by atoms with Crippen molar-refractivity contribution in [1.29, 1.82) is 0 Å². The Balaban J connectivity index is 2.14. The predicted octanol–water partition coefficient (Wildman–Crippen LogP) is 2.22. The Hall–Kier alpha value is -2.36. The molecule has 1 aromatic carbocycles. The van der Waals surface area contributed by atoms with Gasteiger partial charge < -0.3 is 11.1 Å². The third-order valence-corrected chi connectivity index (χ3v) is 2.32. The molecule has 4 heteroatoms. The van der Waals surface area contributed by atoms with E-state index in [0.29, 0.717) is 16.9 Å². The van der Waals surface area contributed by atoms with Crippen LogP contribution >= 0.6 is 0 Å². The molecule has 0 atom stereocenters. The molecule has 86 valence electrons. The van der Waals surface area contributed by atoms with Gasteiger partial charge in [-0.2, -0.15) is 0 Å². The topological polar surface area (TPSA) is 68.0 Å². The molecular formula is C13H13N3O. The van der Waals surface area contributed by atoms with Crippen LogP contribution in [0.2, 0.25) is 0 Å². The molecule has 4 nitrogen and oxygen atoms in total. The normalized spacial score (nSPS) is 9.94. The van der Waals surface area contributed by atoms with Gasteiger partial charge in [0.2, 0.25) is 0 Å².